The number of hydrogen-bond acceptors (Lipinski definition) is 18. The highest BCUT2D eigenvalue weighted by atomic mass is 79.9. The Morgan fingerprint density at radius 3 is 1.06 bits per heavy atom. The molecular weight excluding hydrogens is 2000 g/mol. The lowest BCUT2D eigenvalue weighted by molar-refractivity contribution is -0.121. The molecule has 0 radical (unpaired) electrons. The molecule has 2 N–H and O–H groups in total. The zero-order chi connectivity index (χ0) is 101. The molecule has 7 aromatic rings. The minimum atomic E-state index is -0.487. The van der Waals surface area contributed by atoms with Crippen LogP contribution in [-0.2, 0) is 63.6 Å². The quantitative estimate of drug-likeness (QED) is 0.0672. The lowest BCUT2D eigenvalue weighted by atomic mass is 9.82. The van der Waals surface area contributed by atoms with Crippen molar-refractivity contribution in [2.75, 3.05) is 58.9 Å². The molecule has 0 bridgehead atoms. The van der Waals surface area contributed by atoms with Gasteiger partial charge in [0.15, 0.2) is 0 Å². The van der Waals surface area contributed by atoms with Gasteiger partial charge in [-0.05, 0) is 402 Å². The summed E-state index contributed by atoms with van der Waals surface area (Å²) in [6.07, 6.45) is 48.6. The maximum atomic E-state index is 13.2. The molecule has 8 aliphatic heterocycles. The molecule has 16 aliphatic rings. The van der Waals surface area contributed by atoms with Crippen molar-refractivity contribution in [1.82, 2.24) is 44.5 Å². The van der Waals surface area contributed by atoms with Gasteiger partial charge in [-0.15, -0.1) is 0 Å². The van der Waals surface area contributed by atoms with E-state index >= 15 is 0 Å². The van der Waals surface area contributed by atoms with Crippen molar-refractivity contribution >= 4 is 119 Å². The third kappa shape index (κ3) is 24.4. The van der Waals surface area contributed by atoms with E-state index in [0.29, 0.717) is 66.8 Å². The Morgan fingerprint density at radius 2 is 0.720 bits per heavy atom. The van der Waals surface area contributed by atoms with E-state index in [2.05, 4.69) is 148 Å². The lowest BCUT2D eigenvalue weighted by Crippen LogP contribution is -2.43. The zero-order valence-electron chi connectivity index (χ0n) is 86.9. The Hall–Kier alpha value is -8.49. The van der Waals surface area contributed by atoms with E-state index in [9.17, 15) is 33.9 Å². The van der Waals surface area contributed by atoms with Crippen LogP contribution in [0.5, 0.6) is 23.0 Å². The number of carbonyl (C=O) groups is 6. The van der Waals surface area contributed by atoms with E-state index < -0.39 is 18.3 Å². The van der Waals surface area contributed by atoms with Gasteiger partial charge in [-0.3, -0.25) is 33.2 Å². The predicted molar refractivity (Wildman–Crippen MR) is 570 cm³/mol. The molecule has 4 saturated heterocycles. The summed E-state index contributed by atoms with van der Waals surface area (Å²) in [4.78, 5) is 88.6. The molecule has 4 atom stereocenters. The largest absolute Gasteiger partial charge is 0.506 e. The number of nitrogens with zero attached hydrogens (tertiary/aromatic N) is 12. The minimum Gasteiger partial charge on any atom is -0.506 e. The van der Waals surface area contributed by atoms with E-state index in [1.165, 1.54) is 55.2 Å². The number of likely N-dealkylation sites (tertiary alicyclic amines) is 2. The van der Waals surface area contributed by atoms with Crippen molar-refractivity contribution in [3.63, 3.8) is 0 Å². The fraction of sp³-hybridized carbons (Fsp3) is 0.652. The summed E-state index contributed by atoms with van der Waals surface area (Å²) in [5, 5.41) is 27.6. The topological polar surface area (TPSA) is 272 Å². The molecule has 27 nitrogen and oxygen atoms in total. The number of carbonyl (C=O) groups excluding carboxylic acids is 6. The second kappa shape index (κ2) is 44.1. The first-order chi connectivity index (χ1) is 68.4. The molecule has 774 valence electrons. The number of phenols is 1. The molecule has 12 fully saturated rings. The summed E-state index contributed by atoms with van der Waals surface area (Å²) < 4.78 is 50.7. The number of amides is 6. The Labute approximate surface area is 872 Å². The van der Waals surface area contributed by atoms with Gasteiger partial charge in [-0.25, -0.2) is 9.59 Å². The van der Waals surface area contributed by atoms with Gasteiger partial charge in [0.05, 0.1) is 91.7 Å². The third-order valence-electron chi connectivity index (χ3n) is 32.3. The standard InChI is InChI=1S/C31H42N4O4.C26H34N4O2.C19H32BN3O4.C18H22BrNO2.C14H16BrNO2.C4H7Br/c1-20-8-11-26-27(35(20)29(36)21-9-10-21)13-12-25(28(26)38-24-6-5-7-24)22-18-32-34(19-22)23-14-16-33(17-15-23)30(37)39-31(2,3)4;1-17-5-8-23-24(30(17)26(31)18-6-7-18)10-9-22(25(23)32-21-3-2-4-21)19-15-28-29(16-19)20-11-13-27-14-12-20;1-17(2,3)25-16(24)22-10-8-15(9-11-22)23-13-14(12-21-23)20-26-18(4,5)19(6,7)27-20;1-11-5-8-14-16(20(11)18(21)12-6-7-12)10-9-15(19)17(14)22-13-3-2-4-13;1-8-2-5-10-12(7-6-11(15)13(10)17)16(8)14(18)9-3-4-9;5-4-2-1-3-4/h12-13,18-21,23-24H,5-11,14-17H2,1-4H3;9-10,15-18,20-21,27H,2-8,11-14H2,1H3;12-13,15H,8-11H2,1-7H3;9-13H,2-8H2,1H3;6-9,17H,2-5H2,1H3;4H,1-3H2/t20-;17-;;11-;8-;/m00.00./s1. The molecule has 4 aromatic carbocycles. The molecule has 3 aromatic heterocycles. The number of fused-ring (bicyclic) bond motifs is 4. The first-order valence-electron chi connectivity index (χ1n) is 54.1. The Morgan fingerprint density at radius 1 is 0.406 bits per heavy atom. The fourth-order valence-electron chi connectivity index (χ4n) is 21.2. The number of hydrogen-bond donors (Lipinski definition) is 2. The van der Waals surface area contributed by atoms with Crippen molar-refractivity contribution in [3.8, 4) is 45.3 Å². The van der Waals surface area contributed by atoms with Gasteiger partial charge in [0.25, 0.3) is 0 Å². The maximum Gasteiger partial charge on any atom is 0.498 e. The van der Waals surface area contributed by atoms with E-state index in [1.54, 1.807) is 9.80 Å². The first kappa shape index (κ1) is 104. The van der Waals surface area contributed by atoms with Crippen LogP contribution in [-0.4, -0.2) is 196 Å². The number of aromatic hydroxyl groups is 1. The summed E-state index contributed by atoms with van der Waals surface area (Å²) in [6.45, 7) is 32.9. The second-order valence-corrected chi connectivity index (χ2v) is 49.3. The fourth-order valence-corrected chi connectivity index (χ4v) is 22.6. The van der Waals surface area contributed by atoms with Crippen molar-refractivity contribution in [3.05, 3.63) is 117 Å². The monoisotopic (exact) mass is 2150 g/mol. The highest BCUT2D eigenvalue weighted by Gasteiger charge is 2.53. The maximum absolute atomic E-state index is 13.2. The van der Waals surface area contributed by atoms with Gasteiger partial charge >= 0.3 is 19.3 Å². The number of ether oxygens (including phenoxy) is 5. The molecule has 6 amide bonds. The van der Waals surface area contributed by atoms with Gasteiger partial charge in [-0.1, -0.05) is 22.4 Å². The summed E-state index contributed by atoms with van der Waals surface area (Å²) in [5.41, 5.74) is 12.2. The summed E-state index contributed by atoms with van der Waals surface area (Å²) in [7, 11) is -0.398. The van der Waals surface area contributed by atoms with Crippen LogP contribution in [0.25, 0.3) is 22.3 Å². The lowest BCUT2D eigenvalue weighted by Gasteiger charge is -2.38. The van der Waals surface area contributed by atoms with E-state index in [-0.39, 0.29) is 101 Å². The van der Waals surface area contributed by atoms with Gasteiger partial charge in [0.1, 0.15) is 34.2 Å². The number of benzene rings is 4. The Bertz CT molecular complexity index is 5680. The van der Waals surface area contributed by atoms with Crippen LogP contribution in [0.3, 0.4) is 0 Å². The van der Waals surface area contributed by atoms with E-state index in [1.807, 2.05) is 127 Å². The smallest absolute Gasteiger partial charge is 0.498 e. The van der Waals surface area contributed by atoms with Crippen molar-refractivity contribution in [1.29, 1.82) is 0 Å². The third-order valence-corrected chi connectivity index (χ3v) is 34.4. The van der Waals surface area contributed by atoms with Gasteiger partial charge < -0.3 is 72.8 Å². The number of rotatable bonds is 16. The molecular formula is C112H153BBr3N13O14. The number of anilines is 4. The number of nitrogens with one attached hydrogen (secondary N) is 1. The van der Waals surface area contributed by atoms with E-state index in [4.69, 9.17) is 43.2 Å². The average molecular weight is 2160 g/mol. The Balaban J connectivity index is 0.000000119. The molecule has 8 aliphatic carbocycles. The molecule has 31 heteroatoms. The van der Waals surface area contributed by atoms with Crippen LogP contribution in [0.15, 0.2) is 94.7 Å². The number of alkyl halides is 1. The average Bonchev–Trinajstić information content (AvgIpc) is 1.80. The van der Waals surface area contributed by atoms with Gasteiger partial charge in [0.2, 0.25) is 23.6 Å². The van der Waals surface area contributed by atoms with Crippen molar-refractivity contribution in [2.45, 2.75) is 403 Å². The normalized spacial score (nSPS) is 23.4. The number of halogens is 3. The van der Waals surface area contributed by atoms with Crippen LogP contribution >= 0.6 is 47.8 Å². The summed E-state index contributed by atoms with van der Waals surface area (Å²) >= 11 is 10.4. The van der Waals surface area contributed by atoms with Gasteiger partial charge in [-0.2, -0.15) is 15.3 Å². The molecule has 0 spiro atoms. The minimum absolute atomic E-state index is 0.189. The number of piperidine rings is 3. The summed E-state index contributed by atoms with van der Waals surface area (Å²) in [6, 6.07) is 18.4. The molecule has 0 unspecified atom stereocenters. The van der Waals surface area contributed by atoms with Crippen LogP contribution in [0.2, 0.25) is 0 Å². The van der Waals surface area contributed by atoms with Crippen LogP contribution in [0.4, 0.5) is 32.3 Å². The Kier molecular flexibility index (Phi) is 32.2. The SMILES string of the molecule is BrC1CCC1.CC(C)(C)OC(=O)N1CCC(n2cc(B3OC(C)(C)C(C)(C)O3)cn2)CC1.C[C@H]1CCc2c(ccc(-c3cnn(C4CCN(C(=O)OC(C)(C)C)CC4)c3)c2OC2CCC2)N1C(=O)C1CC1.C[C@H]1CCc2c(ccc(-c3cnn(C4CCNCC4)c3)c2OC2CCC2)N1C(=O)C1CC1.C[C@H]1CCc2c(ccc(Br)c2O)N1C(=O)C1CC1.C[C@H]1CCc2c(ccc(Br)c2OC2CCC2)N1C(=O)C1CC1. The predicted octanol–water partition coefficient (Wildman–Crippen LogP) is 23.0. The number of phenolic OH excluding ortho intramolecular Hbond substituents is 1. The molecule has 8 saturated carbocycles. The number of aromatic nitrogens is 6. The molecule has 11 heterocycles. The highest BCUT2D eigenvalue weighted by Crippen LogP contribution is 2.53. The van der Waals surface area contributed by atoms with Crippen LogP contribution in [0.1, 0.15) is 330 Å². The first-order valence-corrected chi connectivity index (χ1v) is 56.6. The van der Waals surface area contributed by atoms with Crippen molar-refractivity contribution in [2.24, 2.45) is 23.7 Å². The zero-order valence-corrected chi connectivity index (χ0v) is 91.6. The molecule has 23 rings (SSSR count). The van der Waals surface area contributed by atoms with Crippen LogP contribution in [0, 0.1) is 23.7 Å². The summed E-state index contributed by atoms with van der Waals surface area (Å²) in [5.74, 6) is 5.20. The second-order valence-electron chi connectivity index (χ2n) is 46.3. The highest BCUT2D eigenvalue weighted by molar-refractivity contribution is 9.11. The van der Waals surface area contributed by atoms with Gasteiger partial charge in [0, 0.05) is 154 Å². The van der Waals surface area contributed by atoms with Crippen molar-refractivity contribution < 1.29 is 66.9 Å². The van der Waals surface area contributed by atoms with Crippen LogP contribution < -0.4 is 44.6 Å². The van der Waals surface area contributed by atoms with E-state index in [0.717, 1.165) is 275 Å². The molecule has 143 heavy (non-hydrogen) atoms.